The SMILES string of the molecule is Cc1ccc(CNS(=O)(=O)c2cc(C(=O)N3CCCCC3)n(C)c2C)o1. The molecule has 0 saturated carbocycles. The molecule has 26 heavy (non-hydrogen) atoms. The van der Waals surface area contributed by atoms with Crippen LogP contribution in [-0.4, -0.2) is 36.9 Å². The molecule has 0 radical (unpaired) electrons. The number of likely N-dealkylation sites (tertiary alicyclic amines) is 1. The molecule has 2 aromatic rings. The van der Waals surface area contributed by atoms with Crippen molar-refractivity contribution in [2.45, 2.75) is 44.6 Å². The van der Waals surface area contributed by atoms with E-state index < -0.39 is 10.0 Å². The molecule has 0 aliphatic carbocycles. The molecular formula is C18H25N3O4S. The number of aryl methyl sites for hydroxylation is 1. The van der Waals surface area contributed by atoms with Crippen LogP contribution in [0.2, 0.25) is 0 Å². The minimum Gasteiger partial charge on any atom is -0.465 e. The standard InChI is InChI=1S/C18H25N3O4S/c1-13-7-8-15(25-13)12-19-26(23,24)17-11-16(20(3)14(17)2)18(22)21-9-5-4-6-10-21/h7-8,11,19H,4-6,9-10,12H2,1-3H3. The number of furan rings is 1. The fraction of sp³-hybridized carbons (Fsp3) is 0.500. The van der Waals surface area contributed by atoms with Crippen molar-refractivity contribution in [2.75, 3.05) is 13.1 Å². The number of hydrogen-bond acceptors (Lipinski definition) is 4. The quantitative estimate of drug-likeness (QED) is 0.864. The smallest absolute Gasteiger partial charge is 0.270 e. The molecule has 8 heteroatoms. The highest BCUT2D eigenvalue weighted by Gasteiger charge is 2.27. The van der Waals surface area contributed by atoms with Crippen LogP contribution >= 0.6 is 0 Å². The van der Waals surface area contributed by atoms with Crippen LogP contribution in [0.25, 0.3) is 0 Å². The highest BCUT2D eigenvalue weighted by Crippen LogP contribution is 2.22. The molecule has 3 heterocycles. The first-order chi connectivity index (χ1) is 12.3. The van der Waals surface area contributed by atoms with Crippen molar-refractivity contribution >= 4 is 15.9 Å². The number of aromatic nitrogens is 1. The molecule has 1 aliphatic rings. The van der Waals surface area contributed by atoms with Crippen molar-refractivity contribution in [3.8, 4) is 0 Å². The first kappa shape index (κ1) is 18.7. The Labute approximate surface area is 154 Å². The molecule has 142 valence electrons. The molecular weight excluding hydrogens is 354 g/mol. The van der Waals surface area contributed by atoms with E-state index in [0.29, 0.717) is 17.1 Å². The molecule has 1 aliphatic heterocycles. The van der Waals surface area contributed by atoms with E-state index in [0.717, 1.165) is 38.1 Å². The first-order valence-electron chi connectivity index (χ1n) is 8.80. The summed E-state index contributed by atoms with van der Waals surface area (Å²) in [6, 6.07) is 5.00. The number of carbonyl (C=O) groups is 1. The second-order valence-corrected chi connectivity index (χ2v) is 8.46. The fourth-order valence-corrected chi connectivity index (χ4v) is 4.51. The lowest BCUT2D eigenvalue weighted by molar-refractivity contribution is 0.0714. The molecule has 1 fully saturated rings. The zero-order valence-electron chi connectivity index (χ0n) is 15.4. The van der Waals surface area contributed by atoms with Crippen molar-refractivity contribution in [3.63, 3.8) is 0 Å². The molecule has 0 spiro atoms. The summed E-state index contributed by atoms with van der Waals surface area (Å²) in [4.78, 5) is 14.7. The van der Waals surface area contributed by atoms with Crippen molar-refractivity contribution in [2.24, 2.45) is 7.05 Å². The summed E-state index contributed by atoms with van der Waals surface area (Å²) in [5.74, 6) is 1.16. The van der Waals surface area contributed by atoms with E-state index in [-0.39, 0.29) is 17.3 Å². The van der Waals surface area contributed by atoms with Gasteiger partial charge in [-0.15, -0.1) is 0 Å². The largest absolute Gasteiger partial charge is 0.465 e. The molecule has 0 unspecified atom stereocenters. The number of nitrogens with zero attached hydrogens (tertiary/aromatic N) is 2. The molecule has 1 N–H and O–H groups in total. The van der Waals surface area contributed by atoms with Crippen LogP contribution in [0, 0.1) is 13.8 Å². The Kier molecular flexibility index (Phi) is 5.24. The van der Waals surface area contributed by atoms with E-state index in [1.54, 1.807) is 42.5 Å². The molecule has 7 nitrogen and oxygen atoms in total. The lowest BCUT2D eigenvalue weighted by Gasteiger charge is -2.26. The maximum atomic E-state index is 12.8. The molecule has 2 aromatic heterocycles. The normalized spacial score (nSPS) is 15.4. The van der Waals surface area contributed by atoms with Gasteiger partial charge in [-0.2, -0.15) is 0 Å². The van der Waals surface area contributed by atoms with Crippen LogP contribution in [0.15, 0.2) is 27.5 Å². The maximum Gasteiger partial charge on any atom is 0.270 e. The fourth-order valence-electron chi connectivity index (χ4n) is 3.23. The summed E-state index contributed by atoms with van der Waals surface area (Å²) in [7, 11) is -2.02. The van der Waals surface area contributed by atoms with Gasteiger partial charge in [-0.05, 0) is 51.3 Å². The van der Waals surface area contributed by atoms with Gasteiger partial charge in [0.2, 0.25) is 10.0 Å². The van der Waals surface area contributed by atoms with Crippen LogP contribution < -0.4 is 4.72 Å². The lowest BCUT2D eigenvalue weighted by Crippen LogP contribution is -2.36. The van der Waals surface area contributed by atoms with E-state index >= 15 is 0 Å². The third-order valence-electron chi connectivity index (χ3n) is 4.87. The van der Waals surface area contributed by atoms with Crippen molar-refractivity contribution in [3.05, 3.63) is 41.1 Å². The summed E-state index contributed by atoms with van der Waals surface area (Å²) in [6.45, 7) is 5.03. The van der Waals surface area contributed by atoms with Crippen LogP contribution in [0.3, 0.4) is 0 Å². The summed E-state index contributed by atoms with van der Waals surface area (Å²) in [5.41, 5.74) is 0.937. The van der Waals surface area contributed by atoms with Crippen molar-refractivity contribution in [1.29, 1.82) is 0 Å². The highest BCUT2D eigenvalue weighted by atomic mass is 32.2. The Balaban J connectivity index is 1.82. The van der Waals surface area contributed by atoms with Crippen molar-refractivity contribution < 1.29 is 17.6 Å². The van der Waals surface area contributed by atoms with Gasteiger partial charge in [0.25, 0.3) is 5.91 Å². The predicted octanol–water partition coefficient (Wildman–Crippen LogP) is 2.34. The molecule has 0 bridgehead atoms. The van der Waals surface area contributed by atoms with Crippen molar-refractivity contribution in [1.82, 2.24) is 14.2 Å². The van der Waals surface area contributed by atoms with Gasteiger partial charge in [-0.3, -0.25) is 4.79 Å². The minimum absolute atomic E-state index is 0.0694. The van der Waals surface area contributed by atoms with Gasteiger partial charge in [0, 0.05) is 25.8 Å². The number of piperidine rings is 1. The Morgan fingerprint density at radius 2 is 1.88 bits per heavy atom. The third kappa shape index (κ3) is 3.71. The van der Waals surface area contributed by atoms with E-state index in [9.17, 15) is 13.2 Å². The number of carbonyl (C=O) groups excluding carboxylic acids is 1. The Morgan fingerprint density at radius 3 is 2.50 bits per heavy atom. The Morgan fingerprint density at radius 1 is 1.19 bits per heavy atom. The minimum atomic E-state index is -3.75. The van der Waals surface area contributed by atoms with Crippen LogP contribution in [-0.2, 0) is 23.6 Å². The molecule has 0 aromatic carbocycles. The van der Waals surface area contributed by atoms with Crippen LogP contribution in [0.4, 0.5) is 0 Å². The average Bonchev–Trinajstić information content (AvgIpc) is 3.18. The van der Waals surface area contributed by atoms with Gasteiger partial charge in [0.05, 0.1) is 6.54 Å². The summed E-state index contributed by atoms with van der Waals surface area (Å²) in [6.07, 6.45) is 3.11. The average molecular weight is 379 g/mol. The van der Waals surface area contributed by atoms with E-state index in [1.165, 1.54) is 6.07 Å². The first-order valence-corrected chi connectivity index (χ1v) is 10.3. The van der Waals surface area contributed by atoms with Gasteiger partial charge in [0.15, 0.2) is 0 Å². The van der Waals surface area contributed by atoms with Crippen LogP contribution in [0.5, 0.6) is 0 Å². The molecule has 1 amide bonds. The maximum absolute atomic E-state index is 12.8. The second-order valence-electron chi connectivity index (χ2n) is 6.73. The number of rotatable bonds is 5. The van der Waals surface area contributed by atoms with Gasteiger partial charge >= 0.3 is 0 Å². The monoisotopic (exact) mass is 379 g/mol. The van der Waals surface area contributed by atoms with Gasteiger partial charge in [-0.1, -0.05) is 0 Å². The zero-order valence-corrected chi connectivity index (χ0v) is 16.2. The second kappa shape index (κ2) is 7.28. The molecule has 1 saturated heterocycles. The summed E-state index contributed by atoms with van der Waals surface area (Å²) in [5, 5.41) is 0. The van der Waals surface area contributed by atoms with Gasteiger partial charge < -0.3 is 13.9 Å². The molecule has 3 rings (SSSR count). The zero-order chi connectivity index (χ0) is 18.9. The van der Waals surface area contributed by atoms with E-state index in [2.05, 4.69) is 4.72 Å². The molecule has 0 atom stereocenters. The third-order valence-corrected chi connectivity index (χ3v) is 6.39. The number of amides is 1. The highest BCUT2D eigenvalue weighted by molar-refractivity contribution is 7.89. The number of hydrogen-bond donors (Lipinski definition) is 1. The Hall–Kier alpha value is -2.06. The van der Waals surface area contributed by atoms with Crippen LogP contribution in [0.1, 0.15) is 47.0 Å². The number of sulfonamides is 1. The Bertz CT molecular complexity index is 905. The van der Waals surface area contributed by atoms with Gasteiger partial charge in [0.1, 0.15) is 22.1 Å². The summed E-state index contributed by atoms with van der Waals surface area (Å²) < 4.78 is 35.0. The topological polar surface area (TPSA) is 84.5 Å². The number of nitrogens with one attached hydrogen (secondary N) is 1. The summed E-state index contributed by atoms with van der Waals surface area (Å²) >= 11 is 0. The van der Waals surface area contributed by atoms with E-state index in [4.69, 9.17) is 4.42 Å². The van der Waals surface area contributed by atoms with Gasteiger partial charge in [-0.25, -0.2) is 13.1 Å². The lowest BCUT2D eigenvalue weighted by atomic mass is 10.1. The van der Waals surface area contributed by atoms with E-state index in [1.807, 2.05) is 0 Å². The predicted molar refractivity (Wildman–Crippen MR) is 97.4 cm³/mol.